The van der Waals surface area contributed by atoms with Gasteiger partial charge in [0, 0.05) is 31.9 Å². The van der Waals surface area contributed by atoms with Crippen LogP contribution in [0.15, 0.2) is 35.2 Å². The van der Waals surface area contributed by atoms with Crippen LogP contribution in [0.3, 0.4) is 0 Å². The fourth-order valence-corrected chi connectivity index (χ4v) is 4.65. The highest BCUT2D eigenvalue weighted by Crippen LogP contribution is 2.26. The first kappa shape index (κ1) is 18.4. The van der Waals surface area contributed by atoms with Gasteiger partial charge in [-0.1, -0.05) is 17.7 Å². The Hall–Kier alpha value is -2.43. The van der Waals surface area contributed by atoms with E-state index in [-0.39, 0.29) is 0 Å². The summed E-state index contributed by atoms with van der Waals surface area (Å²) in [5.41, 5.74) is 3.99. The molecule has 2 heterocycles. The van der Waals surface area contributed by atoms with Crippen LogP contribution in [0.1, 0.15) is 22.5 Å². The molecule has 0 unspecified atom stereocenters. The molecule has 1 aromatic heterocycles. The smallest absolute Gasteiger partial charge is 0.243 e. The van der Waals surface area contributed by atoms with Crippen LogP contribution in [0.5, 0.6) is 0 Å². The summed E-state index contributed by atoms with van der Waals surface area (Å²) < 4.78 is 27.2. The van der Waals surface area contributed by atoms with Crippen molar-refractivity contribution in [2.75, 3.05) is 31.1 Å². The molecule has 0 aliphatic carbocycles. The van der Waals surface area contributed by atoms with Crippen molar-refractivity contribution in [1.29, 1.82) is 5.26 Å². The van der Waals surface area contributed by atoms with E-state index in [9.17, 15) is 13.7 Å². The Bertz CT molecular complexity index is 954. The molecule has 0 radical (unpaired) electrons. The van der Waals surface area contributed by atoms with E-state index in [0.29, 0.717) is 42.3 Å². The number of anilines is 1. The number of benzene rings is 1. The summed E-state index contributed by atoms with van der Waals surface area (Å²) >= 11 is 0. The SMILES string of the molecule is Cc1ccc(S(=O)(=O)N2CCN(c3cc(C)nc(C)c3C#N)CC2)cc1. The second kappa shape index (κ2) is 7.06. The Morgan fingerprint density at radius 2 is 1.65 bits per heavy atom. The van der Waals surface area contributed by atoms with Crippen molar-refractivity contribution in [2.45, 2.75) is 25.7 Å². The van der Waals surface area contributed by atoms with Crippen molar-refractivity contribution in [3.8, 4) is 6.07 Å². The first-order valence-corrected chi connectivity index (χ1v) is 9.97. The molecule has 1 fully saturated rings. The zero-order valence-corrected chi connectivity index (χ0v) is 16.0. The number of hydrogen-bond donors (Lipinski definition) is 0. The molecule has 0 spiro atoms. The number of nitrogens with zero attached hydrogens (tertiary/aromatic N) is 4. The number of pyridine rings is 1. The van der Waals surface area contributed by atoms with Gasteiger partial charge in [-0.05, 0) is 39.0 Å². The van der Waals surface area contributed by atoms with E-state index in [1.165, 1.54) is 4.31 Å². The number of piperazine rings is 1. The Balaban J connectivity index is 1.80. The lowest BCUT2D eigenvalue weighted by Crippen LogP contribution is -2.49. The molecule has 26 heavy (non-hydrogen) atoms. The van der Waals surface area contributed by atoms with Crippen LogP contribution in [-0.4, -0.2) is 43.9 Å². The monoisotopic (exact) mass is 370 g/mol. The highest BCUT2D eigenvalue weighted by molar-refractivity contribution is 7.89. The molecule has 0 N–H and O–H groups in total. The van der Waals surface area contributed by atoms with Gasteiger partial charge in [-0.3, -0.25) is 4.98 Å². The molecule has 0 saturated carbocycles. The predicted octanol–water partition coefficient (Wildman–Crippen LogP) is 2.39. The molecule has 1 aliphatic rings. The molecule has 1 saturated heterocycles. The second-order valence-corrected chi connectivity index (χ2v) is 8.50. The highest BCUT2D eigenvalue weighted by atomic mass is 32.2. The summed E-state index contributed by atoms with van der Waals surface area (Å²) in [7, 11) is -3.49. The van der Waals surface area contributed by atoms with Crippen molar-refractivity contribution in [1.82, 2.24) is 9.29 Å². The average Bonchev–Trinajstić information content (AvgIpc) is 2.61. The van der Waals surface area contributed by atoms with Crippen molar-refractivity contribution in [3.63, 3.8) is 0 Å². The van der Waals surface area contributed by atoms with Crippen LogP contribution in [0.4, 0.5) is 5.69 Å². The Kier molecular flexibility index (Phi) is 4.99. The maximum atomic E-state index is 12.8. The molecule has 1 aromatic carbocycles. The molecular weight excluding hydrogens is 348 g/mol. The van der Waals surface area contributed by atoms with Crippen LogP contribution in [0.25, 0.3) is 0 Å². The number of aromatic nitrogens is 1. The van der Waals surface area contributed by atoms with Gasteiger partial charge in [0.15, 0.2) is 0 Å². The largest absolute Gasteiger partial charge is 0.368 e. The van der Waals surface area contributed by atoms with Crippen LogP contribution in [0.2, 0.25) is 0 Å². The first-order valence-electron chi connectivity index (χ1n) is 8.53. The third-order valence-corrected chi connectivity index (χ3v) is 6.57. The van der Waals surface area contributed by atoms with Crippen LogP contribution in [-0.2, 0) is 10.0 Å². The first-order chi connectivity index (χ1) is 12.3. The molecule has 3 rings (SSSR count). The van der Waals surface area contributed by atoms with E-state index < -0.39 is 10.0 Å². The van der Waals surface area contributed by atoms with E-state index in [2.05, 4.69) is 16.0 Å². The van der Waals surface area contributed by atoms with Crippen LogP contribution < -0.4 is 4.90 Å². The fourth-order valence-electron chi connectivity index (χ4n) is 3.22. The summed E-state index contributed by atoms with van der Waals surface area (Å²) in [6.45, 7) is 7.53. The number of rotatable bonds is 3. The molecule has 0 atom stereocenters. The van der Waals surface area contributed by atoms with E-state index in [1.54, 1.807) is 12.1 Å². The molecule has 1 aliphatic heterocycles. The standard InChI is InChI=1S/C19H22N4O2S/c1-14-4-6-17(7-5-14)26(24,25)23-10-8-22(9-11-23)19-12-15(2)21-16(3)18(19)13-20/h4-7,12H,8-11H2,1-3H3. The van der Waals surface area contributed by atoms with Crippen molar-refractivity contribution in [3.05, 3.63) is 52.8 Å². The lowest BCUT2D eigenvalue weighted by molar-refractivity contribution is 0.384. The van der Waals surface area contributed by atoms with E-state index >= 15 is 0 Å². The number of hydrogen-bond acceptors (Lipinski definition) is 5. The summed E-state index contributed by atoms with van der Waals surface area (Å²) in [6.07, 6.45) is 0. The third-order valence-electron chi connectivity index (χ3n) is 4.66. The average molecular weight is 370 g/mol. The number of nitriles is 1. The lowest BCUT2D eigenvalue weighted by Gasteiger charge is -2.36. The Morgan fingerprint density at radius 1 is 1.04 bits per heavy atom. The normalized spacial score (nSPS) is 15.7. The molecular formula is C19H22N4O2S. The topological polar surface area (TPSA) is 77.3 Å². The number of aryl methyl sites for hydroxylation is 3. The van der Waals surface area contributed by atoms with Gasteiger partial charge >= 0.3 is 0 Å². The lowest BCUT2D eigenvalue weighted by atomic mass is 10.1. The molecule has 0 bridgehead atoms. The minimum Gasteiger partial charge on any atom is -0.368 e. The predicted molar refractivity (Wildman–Crippen MR) is 101 cm³/mol. The van der Waals surface area contributed by atoms with Gasteiger partial charge < -0.3 is 4.90 Å². The van der Waals surface area contributed by atoms with Gasteiger partial charge in [0.05, 0.1) is 21.8 Å². The molecule has 136 valence electrons. The van der Waals surface area contributed by atoms with Crippen molar-refractivity contribution >= 4 is 15.7 Å². The second-order valence-electron chi connectivity index (χ2n) is 6.56. The zero-order chi connectivity index (χ0) is 18.9. The maximum Gasteiger partial charge on any atom is 0.243 e. The van der Waals surface area contributed by atoms with Gasteiger partial charge in [-0.15, -0.1) is 0 Å². The minimum atomic E-state index is -3.49. The molecule has 2 aromatic rings. The molecule has 0 amide bonds. The Morgan fingerprint density at radius 3 is 2.23 bits per heavy atom. The highest BCUT2D eigenvalue weighted by Gasteiger charge is 2.29. The fraction of sp³-hybridized carbons (Fsp3) is 0.368. The zero-order valence-electron chi connectivity index (χ0n) is 15.2. The quantitative estimate of drug-likeness (QED) is 0.829. The summed E-state index contributed by atoms with van der Waals surface area (Å²) in [4.78, 5) is 6.74. The van der Waals surface area contributed by atoms with Crippen LogP contribution in [0, 0.1) is 32.1 Å². The van der Waals surface area contributed by atoms with Gasteiger partial charge in [0.1, 0.15) is 6.07 Å². The van der Waals surface area contributed by atoms with Gasteiger partial charge in [-0.25, -0.2) is 8.42 Å². The van der Waals surface area contributed by atoms with Crippen molar-refractivity contribution in [2.24, 2.45) is 0 Å². The molecule has 6 nitrogen and oxygen atoms in total. The Labute approximate surface area is 154 Å². The van der Waals surface area contributed by atoms with E-state index in [4.69, 9.17) is 0 Å². The summed E-state index contributed by atoms with van der Waals surface area (Å²) in [5.74, 6) is 0. The van der Waals surface area contributed by atoms with E-state index in [1.807, 2.05) is 39.0 Å². The summed E-state index contributed by atoms with van der Waals surface area (Å²) in [6, 6.07) is 11.1. The van der Waals surface area contributed by atoms with E-state index in [0.717, 1.165) is 16.9 Å². The number of sulfonamides is 1. The molecule has 7 heteroatoms. The van der Waals surface area contributed by atoms with Gasteiger partial charge in [0.2, 0.25) is 10.0 Å². The minimum absolute atomic E-state index is 0.324. The van der Waals surface area contributed by atoms with Crippen molar-refractivity contribution < 1.29 is 8.42 Å². The summed E-state index contributed by atoms with van der Waals surface area (Å²) in [5, 5.41) is 9.45. The van der Waals surface area contributed by atoms with Gasteiger partial charge in [0.25, 0.3) is 0 Å². The maximum absolute atomic E-state index is 12.8. The van der Waals surface area contributed by atoms with Gasteiger partial charge in [-0.2, -0.15) is 9.57 Å². The third kappa shape index (κ3) is 3.43. The van der Waals surface area contributed by atoms with Crippen LogP contribution >= 0.6 is 0 Å².